The third kappa shape index (κ3) is 3.05. The van der Waals surface area contributed by atoms with Crippen LogP contribution in [0.1, 0.15) is 11.1 Å². The topological polar surface area (TPSA) is 18.1 Å². The number of furan rings is 1. The zero-order valence-electron chi connectivity index (χ0n) is 13.1. The molecule has 0 aliphatic carbocycles. The number of hydrogen-bond donors (Lipinski definition) is 0. The van der Waals surface area contributed by atoms with Gasteiger partial charge in [0.2, 0.25) is 0 Å². The Balaban J connectivity index is 1.71. The lowest BCUT2D eigenvalue weighted by Gasteiger charge is -2.07. The van der Waals surface area contributed by atoms with Gasteiger partial charge in [-0.15, -0.1) is 0 Å². The molecule has 0 N–H and O–H groups in total. The molecule has 0 amide bonds. The second kappa shape index (κ2) is 5.84. The van der Waals surface area contributed by atoms with Gasteiger partial charge in [0.05, 0.1) is 11.1 Å². The lowest BCUT2D eigenvalue weighted by atomic mass is 10.1. The van der Waals surface area contributed by atoms with Crippen molar-refractivity contribution in [3.05, 3.63) is 84.1 Å². The highest BCUT2D eigenvalue weighted by Crippen LogP contribution is 2.34. The second-order valence-corrected chi connectivity index (χ2v) is 5.87. The van der Waals surface area contributed by atoms with Gasteiger partial charge >= 0.3 is 6.18 Å². The van der Waals surface area contributed by atoms with E-state index in [0.717, 1.165) is 23.2 Å². The number of halogens is 3. The molecular weight excluding hydrogens is 327 g/mol. The van der Waals surface area contributed by atoms with Crippen LogP contribution in [0, 0.1) is 0 Å². The molecule has 4 aromatic rings. The lowest BCUT2D eigenvalue weighted by Crippen LogP contribution is -2.04. The summed E-state index contributed by atoms with van der Waals surface area (Å²) >= 11 is 0. The summed E-state index contributed by atoms with van der Waals surface area (Å²) < 4.78 is 46.5. The van der Waals surface area contributed by atoms with Crippen LogP contribution in [-0.4, -0.2) is 4.57 Å². The van der Waals surface area contributed by atoms with Crippen LogP contribution in [0.3, 0.4) is 0 Å². The van der Waals surface area contributed by atoms with Crippen LogP contribution in [0.5, 0.6) is 0 Å². The number of rotatable bonds is 3. The summed E-state index contributed by atoms with van der Waals surface area (Å²) in [4.78, 5) is 0. The highest BCUT2D eigenvalue weighted by atomic mass is 19.4. The van der Waals surface area contributed by atoms with Gasteiger partial charge in [0, 0.05) is 24.4 Å². The minimum Gasteiger partial charge on any atom is -0.454 e. The van der Waals surface area contributed by atoms with E-state index in [9.17, 15) is 13.2 Å². The predicted molar refractivity (Wildman–Crippen MR) is 90.2 cm³/mol. The molecule has 2 aromatic carbocycles. The molecule has 2 aromatic heterocycles. The van der Waals surface area contributed by atoms with Crippen molar-refractivity contribution >= 4 is 11.1 Å². The van der Waals surface area contributed by atoms with Crippen molar-refractivity contribution < 1.29 is 17.6 Å². The van der Waals surface area contributed by atoms with Crippen LogP contribution >= 0.6 is 0 Å². The minimum absolute atomic E-state index is 0.414. The fourth-order valence-corrected chi connectivity index (χ4v) is 2.89. The molecule has 25 heavy (non-hydrogen) atoms. The summed E-state index contributed by atoms with van der Waals surface area (Å²) in [6.07, 6.45) is -2.46. The zero-order chi connectivity index (χ0) is 17.4. The first-order valence-electron chi connectivity index (χ1n) is 7.81. The average molecular weight is 341 g/mol. The van der Waals surface area contributed by atoms with E-state index in [4.69, 9.17) is 4.42 Å². The normalized spacial score (nSPS) is 12.0. The average Bonchev–Trinajstić information content (AvgIpc) is 3.17. The van der Waals surface area contributed by atoms with Crippen molar-refractivity contribution in [2.75, 3.05) is 0 Å². The molecular formula is C20H14F3NO. The van der Waals surface area contributed by atoms with E-state index in [-0.39, 0.29) is 0 Å². The van der Waals surface area contributed by atoms with Gasteiger partial charge in [-0.05, 0) is 23.8 Å². The van der Waals surface area contributed by atoms with Gasteiger partial charge in [-0.25, -0.2) is 0 Å². The van der Waals surface area contributed by atoms with Crippen LogP contribution in [-0.2, 0) is 12.7 Å². The first-order valence-corrected chi connectivity index (χ1v) is 7.81. The Morgan fingerprint density at radius 1 is 0.880 bits per heavy atom. The largest absolute Gasteiger partial charge is 0.454 e. The SMILES string of the molecule is FC(F)(F)c1cccc(-c2cc3c(ccn3Cc3ccccc3)o2)c1. The minimum atomic E-state index is -4.37. The highest BCUT2D eigenvalue weighted by molar-refractivity contribution is 5.80. The van der Waals surface area contributed by atoms with E-state index < -0.39 is 11.7 Å². The van der Waals surface area contributed by atoms with Crippen LogP contribution in [0.15, 0.2) is 77.3 Å². The van der Waals surface area contributed by atoms with E-state index in [0.29, 0.717) is 23.5 Å². The number of hydrogen-bond acceptors (Lipinski definition) is 1. The Bertz CT molecular complexity index is 1010. The fraction of sp³-hybridized carbons (Fsp3) is 0.100. The van der Waals surface area contributed by atoms with Gasteiger partial charge in [-0.3, -0.25) is 0 Å². The molecule has 0 atom stereocenters. The number of fused-ring (bicyclic) bond motifs is 1. The molecule has 4 rings (SSSR count). The standard InChI is InChI=1S/C20H14F3NO/c21-20(22,23)16-8-4-7-15(11-16)19-12-17-18(25-19)9-10-24(17)13-14-5-2-1-3-6-14/h1-12H,13H2. The quantitative estimate of drug-likeness (QED) is 0.449. The van der Waals surface area contributed by atoms with E-state index in [1.807, 2.05) is 47.2 Å². The van der Waals surface area contributed by atoms with E-state index in [2.05, 4.69) is 0 Å². The summed E-state index contributed by atoms with van der Waals surface area (Å²) in [5.74, 6) is 0.429. The summed E-state index contributed by atoms with van der Waals surface area (Å²) in [6, 6.07) is 18.7. The van der Waals surface area contributed by atoms with Crippen molar-refractivity contribution in [3.8, 4) is 11.3 Å². The van der Waals surface area contributed by atoms with Crippen LogP contribution < -0.4 is 0 Å². The van der Waals surface area contributed by atoms with Crippen LogP contribution in [0.4, 0.5) is 13.2 Å². The first kappa shape index (κ1) is 15.6. The third-order valence-electron chi connectivity index (χ3n) is 4.13. The maximum absolute atomic E-state index is 12.9. The van der Waals surface area contributed by atoms with Gasteiger partial charge in [-0.2, -0.15) is 13.2 Å². The Morgan fingerprint density at radius 2 is 1.68 bits per heavy atom. The molecule has 0 saturated heterocycles. The molecule has 0 aliphatic rings. The fourth-order valence-electron chi connectivity index (χ4n) is 2.89. The molecule has 2 heterocycles. The number of benzene rings is 2. The molecule has 0 radical (unpaired) electrons. The van der Waals surface area contributed by atoms with Crippen molar-refractivity contribution in [3.63, 3.8) is 0 Å². The van der Waals surface area contributed by atoms with E-state index in [1.54, 1.807) is 12.1 Å². The lowest BCUT2D eigenvalue weighted by molar-refractivity contribution is -0.137. The molecule has 0 saturated carbocycles. The molecule has 0 aliphatic heterocycles. The van der Waals surface area contributed by atoms with Crippen molar-refractivity contribution in [2.24, 2.45) is 0 Å². The first-order chi connectivity index (χ1) is 12.0. The Kier molecular flexibility index (Phi) is 3.64. The number of alkyl halides is 3. The smallest absolute Gasteiger partial charge is 0.416 e. The van der Waals surface area contributed by atoms with Crippen molar-refractivity contribution in [1.82, 2.24) is 4.57 Å². The zero-order valence-corrected chi connectivity index (χ0v) is 13.1. The molecule has 0 unspecified atom stereocenters. The Hall–Kier alpha value is -2.95. The van der Waals surface area contributed by atoms with Crippen molar-refractivity contribution in [1.29, 1.82) is 0 Å². The summed E-state index contributed by atoms with van der Waals surface area (Å²) in [6.45, 7) is 0.673. The summed E-state index contributed by atoms with van der Waals surface area (Å²) in [5.41, 5.74) is 2.39. The molecule has 2 nitrogen and oxygen atoms in total. The second-order valence-electron chi connectivity index (χ2n) is 5.87. The van der Waals surface area contributed by atoms with Crippen LogP contribution in [0.2, 0.25) is 0 Å². The van der Waals surface area contributed by atoms with E-state index >= 15 is 0 Å². The number of nitrogens with zero attached hydrogens (tertiary/aromatic N) is 1. The molecule has 0 bridgehead atoms. The molecule has 0 spiro atoms. The van der Waals surface area contributed by atoms with Gasteiger partial charge in [0.25, 0.3) is 0 Å². The number of aromatic nitrogens is 1. The maximum atomic E-state index is 12.9. The Labute approximate surface area is 142 Å². The maximum Gasteiger partial charge on any atom is 0.416 e. The Morgan fingerprint density at radius 3 is 2.44 bits per heavy atom. The summed E-state index contributed by atoms with van der Waals surface area (Å²) in [7, 11) is 0. The van der Waals surface area contributed by atoms with Gasteiger partial charge in [0.15, 0.2) is 5.58 Å². The molecule has 126 valence electrons. The van der Waals surface area contributed by atoms with Gasteiger partial charge in [0.1, 0.15) is 5.76 Å². The van der Waals surface area contributed by atoms with Crippen molar-refractivity contribution in [2.45, 2.75) is 12.7 Å². The van der Waals surface area contributed by atoms with E-state index in [1.165, 1.54) is 6.07 Å². The molecule has 5 heteroatoms. The summed E-state index contributed by atoms with van der Waals surface area (Å²) in [5, 5.41) is 0. The molecule has 0 fully saturated rings. The van der Waals surface area contributed by atoms with Gasteiger partial charge < -0.3 is 8.98 Å². The third-order valence-corrected chi connectivity index (χ3v) is 4.13. The highest BCUT2D eigenvalue weighted by Gasteiger charge is 2.30. The monoisotopic (exact) mass is 341 g/mol. The van der Waals surface area contributed by atoms with Gasteiger partial charge in [-0.1, -0.05) is 42.5 Å². The van der Waals surface area contributed by atoms with Crippen LogP contribution in [0.25, 0.3) is 22.4 Å². The predicted octanol–water partition coefficient (Wildman–Crippen LogP) is 5.97.